The van der Waals surface area contributed by atoms with Gasteiger partial charge in [-0.2, -0.15) is 13.2 Å². The van der Waals surface area contributed by atoms with Gasteiger partial charge in [-0.05, 0) is 43.4 Å². The van der Waals surface area contributed by atoms with Gasteiger partial charge in [-0.15, -0.1) is 0 Å². The molecule has 0 spiro atoms. The molecule has 0 N–H and O–H groups in total. The summed E-state index contributed by atoms with van der Waals surface area (Å²) >= 11 is 0. The van der Waals surface area contributed by atoms with Gasteiger partial charge in [-0.3, -0.25) is 4.90 Å². The highest BCUT2D eigenvalue weighted by molar-refractivity contribution is 6.23. The Morgan fingerprint density at radius 2 is 1.83 bits per heavy atom. The van der Waals surface area contributed by atoms with Crippen LogP contribution >= 0.6 is 0 Å². The second-order valence-electron chi connectivity index (χ2n) is 6.98. The Kier molecular flexibility index (Phi) is 5.23. The lowest BCUT2D eigenvalue weighted by atomic mass is 9.95. The highest BCUT2D eigenvalue weighted by atomic mass is 19.4. The molecule has 1 aromatic carbocycles. The second-order valence-corrected chi connectivity index (χ2v) is 6.98. The van der Waals surface area contributed by atoms with Gasteiger partial charge in [-0.25, -0.2) is 0 Å². The van der Waals surface area contributed by atoms with Crippen molar-refractivity contribution < 1.29 is 17.8 Å². The van der Waals surface area contributed by atoms with Crippen molar-refractivity contribution in [2.75, 3.05) is 26.7 Å². The van der Waals surface area contributed by atoms with E-state index in [1.807, 2.05) is 0 Å². The number of alkyl halides is 3. The van der Waals surface area contributed by atoms with Crippen LogP contribution in [0.3, 0.4) is 0 Å². The predicted octanol–water partition coefficient (Wildman–Crippen LogP) is 3.08. The summed E-state index contributed by atoms with van der Waals surface area (Å²) in [5.74, 6) is 0.568. The summed E-state index contributed by atoms with van der Waals surface area (Å²) in [4.78, 5) is 4.74. The average molecular weight is 340 g/mol. The van der Waals surface area contributed by atoms with Gasteiger partial charge in [0.1, 0.15) is 0 Å². The van der Waals surface area contributed by atoms with Crippen LogP contribution in [0.15, 0.2) is 24.3 Å². The Bertz CT molecular complexity index is 548. The first kappa shape index (κ1) is 17.8. The van der Waals surface area contributed by atoms with Gasteiger partial charge in [0.15, 0.2) is 0 Å². The second kappa shape index (κ2) is 7.06. The minimum absolute atomic E-state index is 0.229. The fourth-order valence-corrected chi connectivity index (χ4v) is 3.78. The molecule has 1 aromatic rings. The van der Waals surface area contributed by atoms with Crippen molar-refractivity contribution >= 4 is 7.62 Å². The van der Waals surface area contributed by atoms with E-state index in [-0.39, 0.29) is 6.04 Å². The summed E-state index contributed by atoms with van der Waals surface area (Å²) in [5, 5.41) is 0. The lowest BCUT2D eigenvalue weighted by Gasteiger charge is -2.44. The van der Waals surface area contributed by atoms with Crippen molar-refractivity contribution in [3.63, 3.8) is 0 Å². The summed E-state index contributed by atoms with van der Waals surface area (Å²) in [7, 11) is 2.33. The van der Waals surface area contributed by atoms with E-state index >= 15 is 0 Å². The highest BCUT2D eigenvalue weighted by Crippen LogP contribution is 2.46. The largest absolute Gasteiger partial charge is 0.427 e. The molecular weight excluding hydrogens is 316 g/mol. The maximum atomic E-state index is 12.8. The summed E-state index contributed by atoms with van der Waals surface area (Å²) in [6.45, 7) is 4.98. The van der Waals surface area contributed by atoms with Gasteiger partial charge < -0.3 is 9.47 Å². The van der Waals surface area contributed by atoms with Crippen LogP contribution in [0.2, 0.25) is 0 Å². The lowest BCUT2D eigenvalue weighted by Crippen LogP contribution is -2.54. The molecule has 3 rings (SSSR count). The quantitative estimate of drug-likeness (QED) is 0.767. The molecule has 2 fully saturated rings. The van der Waals surface area contributed by atoms with Crippen LogP contribution < -0.4 is 0 Å². The minimum Gasteiger partial charge on any atom is -0.427 e. The Morgan fingerprint density at radius 1 is 1.17 bits per heavy atom. The molecule has 24 heavy (non-hydrogen) atoms. The van der Waals surface area contributed by atoms with E-state index in [1.54, 1.807) is 19.2 Å². The molecule has 0 bridgehead atoms. The SMILES string of the molecule is COBN1CCN(C(c2ccc(C(F)(F)F)cc2)C2CC2)[C@@H](C)C1. The van der Waals surface area contributed by atoms with Gasteiger partial charge in [0.2, 0.25) is 0 Å². The minimum atomic E-state index is -4.27. The van der Waals surface area contributed by atoms with Gasteiger partial charge in [0.05, 0.1) is 5.56 Å². The Labute approximate surface area is 142 Å². The van der Waals surface area contributed by atoms with Gasteiger partial charge in [0, 0.05) is 38.8 Å². The molecule has 7 heteroatoms. The fourth-order valence-electron chi connectivity index (χ4n) is 3.78. The smallest absolute Gasteiger partial charge is 0.416 e. The third kappa shape index (κ3) is 3.95. The van der Waals surface area contributed by atoms with E-state index in [9.17, 15) is 13.2 Å². The van der Waals surface area contributed by atoms with Crippen molar-refractivity contribution in [1.82, 2.24) is 9.71 Å². The molecule has 132 valence electrons. The van der Waals surface area contributed by atoms with Crippen LogP contribution in [0.25, 0.3) is 0 Å². The summed E-state index contributed by atoms with van der Waals surface area (Å²) in [5.41, 5.74) is 0.441. The Morgan fingerprint density at radius 3 is 2.33 bits per heavy atom. The standard InChI is InChI=1S/C17H24BF3N2O/c1-12-11-22(18-24-2)9-10-23(12)16(13-3-4-13)14-5-7-15(8-6-14)17(19,20)21/h5-8,12-13,16,18H,3-4,9-11H2,1-2H3/t12-,16?/m0/s1. The molecule has 2 aliphatic rings. The highest BCUT2D eigenvalue weighted by Gasteiger charge is 2.40. The molecule has 1 saturated heterocycles. The molecule has 0 aromatic heterocycles. The molecule has 3 nitrogen and oxygen atoms in total. The number of piperazine rings is 1. The average Bonchev–Trinajstić information content (AvgIpc) is 3.34. The normalized spacial score (nSPS) is 24.8. The van der Waals surface area contributed by atoms with Gasteiger partial charge >= 0.3 is 13.8 Å². The number of hydrogen-bond donors (Lipinski definition) is 0. The number of nitrogens with zero attached hydrogens (tertiary/aromatic N) is 2. The van der Waals surface area contributed by atoms with Gasteiger partial charge in [0.25, 0.3) is 0 Å². The van der Waals surface area contributed by atoms with Crippen LogP contribution in [0.1, 0.15) is 36.9 Å². The van der Waals surface area contributed by atoms with Crippen LogP contribution in [-0.4, -0.2) is 50.1 Å². The summed E-state index contributed by atoms with van der Waals surface area (Å²) in [6.07, 6.45) is -1.94. The lowest BCUT2D eigenvalue weighted by molar-refractivity contribution is -0.137. The Balaban J connectivity index is 1.76. The van der Waals surface area contributed by atoms with Crippen molar-refractivity contribution in [2.24, 2.45) is 5.92 Å². The molecular formula is C17H24BF3N2O. The van der Waals surface area contributed by atoms with Crippen molar-refractivity contribution in [3.05, 3.63) is 35.4 Å². The van der Waals surface area contributed by atoms with Crippen LogP contribution in [0.4, 0.5) is 13.2 Å². The van der Waals surface area contributed by atoms with E-state index in [0.29, 0.717) is 19.6 Å². The first-order chi connectivity index (χ1) is 11.4. The number of hydrogen-bond acceptors (Lipinski definition) is 3. The number of rotatable bonds is 5. The predicted molar refractivity (Wildman–Crippen MR) is 88.8 cm³/mol. The van der Waals surface area contributed by atoms with Crippen molar-refractivity contribution in [1.29, 1.82) is 0 Å². The molecule has 1 unspecified atom stereocenters. The van der Waals surface area contributed by atoms with Crippen LogP contribution in [0, 0.1) is 5.92 Å². The first-order valence-electron chi connectivity index (χ1n) is 8.54. The molecule has 0 amide bonds. The molecule has 0 radical (unpaired) electrons. The van der Waals surface area contributed by atoms with E-state index in [2.05, 4.69) is 16.6 Å². The van der Waals surface area contributed by atoms with Crippen molar-refractivity contribution in [3.8, 4) is 0 Å². The Hall–Kier alpha value is -1.05. The summed E-state index contributed by atoms with van der Waals surface area (Å²) < 4.78 is 43.6. The van der Waals surface area contributed by atoms with Crippen LogP contribution in [0.5, 0.6) is 0 Å². The maximum absolute atomic E-state index is 12.8. The summed E-state index contributed by atoms with van der Waals surface area (Å²) in [6, 6.07) is 6.36. The monoisotopic (exact) mass is 340 g/mol. The van der Waals surface area contributed by atoms with E-state index < -0.39 is 11.7 Å². The molecule has 1 heterocycles. The molecule has 1 aliphatic heterocycles. The van der Waals surface area contributed by atoms with E-state index in [1.165, 1.54) is 12.1 Å². The zero-order valence-electron chi connectivity index (χ0n) is 14.2. The maximum Gasteiger partial charge on any atom is 0.416 e. The fraction of sp³-hybridized carbons (Fsp3) is 0.647. The van der Waals surface area contributed by atoms with Crippen molar-refractivity contribution in [2.45, 2.75) is 38.0 Å². The zero-order valence-corrected chi connectivity index (χ0v) is 14.2. The van der Waals surface area contributed by atoms with E-state index in [0.717, 1.165) is 38.0 Å². The molecule has 1 saturated carbocycles. The third-order valence-corrected chi connectivity index (χ3v) is 5.08. The molecule has 1 aliphatic carbocycles. The third-order valence-electron chi connectivity index (χ3n) is 5.08. The van der Waals surface area contributed by atoms with E-state index in [4.69, 9.17) is 4.65 Å². The topological polar surface area (TPSA) is 15.7 Å². The number of benzene rings is 1. The van der Waals surface area contributed by atoms with Crippen LogP contribution in [-0.2, 0) is 10.8 Å². The number of halogens is 3. The first-order valence-corrected chi connectivity index (χ1v) is 8.54. The zero-order chi connectivity index (χ0) is 17.3. The molecule has 2 atom stereocenters. The van der Waals surface area contributed by atoms with Gasteiger partial charge in [-0.1, -0.05) is 12.1 Å².